The van der Waals surface area contributed by atoms with E-state index in [1.54, 1.807) is 0 Å². The molecule has 90 valence electrons. The predicted octanol–water partition coefficient (Wildman–Crippen LogP) is 3.85. The van der Waals surface area contributed by atoms with Crippen LogP contribution in [0.1, 0.15) is 31.9 Å². The molecule has 0 heterocycles. The molecule has 0 amide bonds. The highest BCUT2D eigenvalue weighted by Gasteiger charge is 2.10. The van der Waals surface area contributed by atoms with Gasteiger partial charge in [-0.2, -0.15) is 0 Å². The van der Waals surface area contributed by atoms with Crippen molar-refractivity contribution in [3.8, 4) is 0 Å². The van der Waals surface area contributed by atoms with Gasteiger partial charge in [0, 0.05) is 16.7 Å². The van der Waals surface area contributed by atoms with E-state index in [4.69, 9.17) is 0 Å². The van der Waals surface area contributed by atoms with Gasteiger partial charge in [0.2, 0.25) is 0 Å². The van der Waals surface area contributed by atoms with Gasteiger partial charge in [0.15, 0.2) is 0 Å². The van der Waals surface area contributed by atoms with Crippen molar-refractivity contribution in [1.29, 1.82) is 0 Å². The summed E-state index contributed by atoms with van der Waals surface area (Å²) in [6.45, 7) is 10.0. The first-order valence-electron chi connectivity index (χ1n) is 5.95. The number of nitrogens with one attached hydrogen (secondary N) is 1. The molecule has 0 aliphatic heterocycles. The normalized spacial score (nSPS) is 13.1. The highest BCUT2D eigenvalue weighted by Crippen LogP contribution is 2.30. The maximum absolute atomic E-state index is 3.18. The topological polar surface area (TPSA) is 12.0 Å². The SMILES string of the molecule is CNCc1ccc(SC(C)C(C)C)c(C)c1. The molecule has 1 unspecified atom stereocenters. The molecule has 0 aliphatic rings. The number of benzene rings is 1. The van der Waals surface area contributed by atoms with Crippen LogP contribution in [0.25, 0.3) is 0 Å². The van der Waals surface area contributed by atoms with Crippen LogP contribution in [0, 0.1) is 12.8 Å². The molecular formula is C14H23NS. The molecule has 1 aromatic rings. The van der Waals surface area contributed by atoms with Gasteiger partial charge in [-0.3, -0.25) is 0 Å². The highest BCUT2D eigenvalue weighted by molar-refractivity contribution is 8.00. The number of hydrogen-bond donors (Lipinski definition) is 1. The van der Waals surface area contributed by atoms with Crippen molar-refractivity contribution < 1.29 is 0 Å². The van der Waals surface area contributed by atoms with E-state index in [9.17, 15) is 0 Å². The van der Waals surface area contributed by atoms with Crippen molar-refractivity contribution in [2.75, 3.05) is 7.05 Å². The summed E-state index contributed by atoms with van der Waals surface area (Å²) in [4.78, 5) is 1.42. The van der Waals surface area contributed by atoms with Crippen LogP contribution in [0.2, 0.25) is 0 Å². The van der Waals surface area contributed by atoms with Crippen LogP contribution in [-0.4, -0.2) is 12.3 Å². The maximum Gasteiger partial charge on any atom is 0.0202 e. The Morgan fingerprint density at radius 2 is 1.94 bits per heavy atom. The summed E-state index contributed by atoms with van der Waals surface area (Å²) in [6, 6.07) is 6.76. The molecule has 1 nitrogen and oxygen atoms in total. The molecule has 1 rings (SSSR count). The molecule has 0 radical (unpaired) electrons. The van der Waals surface area contributed by atoms with Crippen LogP contribution in [0.15, 0.2) is 23.1 Å². The van der Waals surface area contributed by atoms with Crippen LogP contribution in [0.5, 0.6) is 0 Å². The van der Waals surface area contributed by atoms with Crippen LogP contribution >= 0.6 is 11.8 Å². The molecule has 1 aromatic carbocycles. The van der Waals surface area contributed by atoms with E-state index < -0.39 is 0 Å². The third-order valence-corrected chi connectivity index (χ3v) is 4.50. The average molecular weight is 237 g/mol. The van der Waals surface area contributed by atoms with Crippen molar-refractivity contribution in [2.45, 2.75) is 44.4 Å². The Hall–Kier alpha value is -0.470. The second-order valence-electron chi connectivity index (χ2n) is 4.70. The van der Waals surface area contributed by atoms with E-state index in [-0.39, 0.29) is 0 Å². The molecule has 0 fully saturated rings. The second-order valence-corrected chi connectivity index (χ2v) is 6.12. The summed E-state index contributed by atoms with van der Waals surface area (Å²) in [5, 5.41) is 3.86. The zero-order valence-corrected chi connectivity index (χ0v) is 11.8. The Balaban J connectivity index is 2.75. The summed E-state index contributed by atoms with van der Waals surface area (Å²) in [7, 11) is 1.98. The predicted molar refractivity (Wildman–Crippen MR) is 74.1 cm³/mol. The Labute approximate surface area is 104 Å². The first-order chi connectivity index (χ1) is 7.54. The fraction of sp³-hybridized carbons (Fsp3) is 0.571. The summed E-state index contributed by atoms with van der Waals surface area (Å²) in [6.07, 6.45) is 0. The van der Waals surface area contributed by atoms with Crippen LogP contribution in [0.3, 0.4) is 0 Å². The molecule has 1 N–H and O–H groups in total. The van der Waals surface area contributed by atoms with Crippen LogP contribution < -0.4 is 5.32 Å². The molecule has 0 saturated carbocycles. The van der Waals surface area contributed by atoms with Crippen molar-refractivity contribution in [1.82, 2.24) is 5.32 Å². The Morgan fingerprint density at radius 1 is 1.25 bits per heavy atom. The third-order valence-electron chi connectivity index (χ3n) is 2.87. The monoisotopic (exact) mass is 237 g/mol. The Morgan fingerprint density at radius 3 is 2.44 bits per heavy atom. The quantitative estimate of drug-likeness (QED) is 0.781. The number of rotatable bonds is 5. The van der Waals surface area contributed by atoms with E-state index in [2.05, 4.69) is 51.2 Å². The van der Waals surface area contributed by atoms with Crippen LogP contribution in [0.4, 0.5) is 0 Å². The number of thioether (sulfide) groups is 1. The molecular weight excluding hydrogens is 214 g/mol. The van der Waals surface area contributed by atoms with Crippen molar-refractivity contribution in [3.63, 3.8) is 0 Å². The lowest BCUT2D eigenvalue weighted by molar-refractivity contribution is 0.642. The zero-order valence-electron chi connectivity index (χ0n) is 11.0. The van der Waals surface area contributed by atoms with Gasteiger partial charge in [0.1, 0.15) is 0 Å². The standard InChI is InChI=1S/C14H23NS/c1-10(2)12(4)16-14-7-6-13(9-15-5)8-11(14)3/h6-8,10,12,15H,9H2,1-5H3. The average Bonchev–Trinajstić information content (AvgIpc) is 2.22. The molecule has 0 aliphatic carbocycles. The van der Waals surface area contributed by atoms with Crippen molar-refractivity contribution >= 4 is 11.8 Å². The summed E-state index contributed by atoms with van der Waals surface area (Å²) < 4.78 is 0. The Kier molecular flexibility index (Phi) is 5.36. The minimum Gasteiger partial charge on any atom is -0.316 e. The number of aryl methyl sites for hydroxylation is 1. The van der Waals surface area contributed by atoms with Gasteiger partial charge in [-0.25, -0.2) is 0 Å². The zero-order chi connectivity index (χ0) is 12.1. The fourth-order valence-electron chi connectivity index (χ4n) is 1.49. The third kappa shape index (κ3) is 3.84. The second kappa shape index (κ2) is 6.31. The molecule has 0 spiro atoms. The highest BCUT2D eigenvalue weighted by atomic mass is 32.2. The Bertz CT molecular complexity index is 334. The van der Waals surface area contributed by atoms with E-state index in [1.165, 1.54) is 16.0 Å². The van der Waals surface area contributed by atoms with E-state index in [0.717, 1.165) is 12.5 Å². The fourth-order valence-corrected chi connectivity index (χ4v) is 2.56. The van der Waals surface area contributed by atoms with Gasteiger partial charge in [-0.15, -0.1) is 11.8 Å². The summed E-state index contributed by atoms with van der Waals surface area (Å²) in [5.41, 5.74) is 2.76. The van der Waals surface area contributed by atoms with Crippen molar-refractivity contribution in [3.05, 3.63) is 29.3 Å². The minimum absolute atomic E-state index is 0.675. The first-order valence-corrected chi connectivity index (χ1v) is 6.83. The molecule has 2 heteroatoms. The van der Waals surface area contributed by atoms with Crippen molar-refractivity contribution in [2.24, 2.45) is 5.92 Å². The molecule has 1 atom stereocenters. The van der Waals surface area contributed by atoms with E-state index in [1.807, 2.05) is 18.8 Å². The lowest BCUT2D eigenvalue weighted by Gasteiger charge is -2.16. The van der Waals surface area contributed by atoms with Gasteiger partial charge in [-0.1, -0.05) is 32.9 Å². The lowest BCUT2D eigenvalue weighted by atomic mass is 10.1. The van der Waals surface area contributed by atoms with Gasteiger partial charge in [-0.05, 0) is 37.1 Å². The lowest BCUT2D eigenvalue weighted by Crippen LogP contribution is -2.07. The van der Waals surface area contributed by atoms with Gasteiger partial charge >= 0.3 is 0 Å². The van der Waals surface area contributed by atoms with Gasteiger partial charge < -0.3 is 5.32 Å². The summed E-state index contributed by atoms with van der Waals surface area (Å²) in [5.74, 6) is 0.724. The first kappa shape index (κ1) is 13.6. The van der Waals surface area contributed by atoms with E-state index >= 15 is 0 Å². The van der Waals surface area contributed by atoms with E-state index in [0.29, 0.717) is 5.25 Å². The smallest absolute Gasteiger partial charge is 0.0202 e. The largest absolute Gasteiger partial charge is 0.316 e. The molecule has 0 aromatic heterocycles. The van der Waals surface area contributed by atoms with Crippen LogP contribution in [-0.2, 0) is 6.54 Å². The molecule has 0 saturated heterocycles. The van der Waals surface area contributed by atoms with Gasteiger partial charge in [0.05, 0.1) is 0 Å². The maximum atomic E-state index is 3.18. The van der Waals surface area contributed by atoms with Gasteiger partial charge in [0.25, 0.3) is 0 Å². The molecule has 0 bridgehead atoms. The number of hydrogen-bond acceptors (Lipinski definition) is 2. The molecule has 16 heavy (non-hydrogen) atoms. The summed E-state index contributed by atoms with van der Waals surface area (Å²) >= 11 is 1.98. The minimum atomic E-state index is 0.675.